The van der Waals surface area contributed by atoms with Gasteiger partial charge in [0.1, 0.15) is 11.5 Å². The van der Waals surface area contributed by atoms with Crippen LogP contribution < -0.4 is 0 Å². The summed E-state index contributed by atoms with van der Waals surface area (Å²) in [7, 11) is 0. The van der Waals surface area contributed by atoms with Crippen LogP contribution in [0.5, 0.6) is 11.5 Å². The number of phenolic OH excluding ortho intramolecular Hbond substituents is 2. The van der Waals surface area contributed by atoms with Gasteiger partial charge in [-0.15, -0.1) is 0 Å². The van der Waals surface area contributed by atoms with E-state index in [-0.39, 0.29) is 88.1 Å². The van der Waals surface area contributed by atoms with E-state index in [2.05, 4.69) is 19.9 Å². The van der Waals surface area contributed by atoms with Crippen LogP contribution in [0.15, 0.2) is 11.6 Å². The van der Waals surface area contributed by atoms with E-state index in [0.717, 1.165) is 28.7 Å². The quantitative estimate of drug-likeness (QED) is 0.0931. The van der Waals surface area contributed by atoms with Crippen molar-refractivity contribution in [3.05, 3.63) is 33.9 Å². The number of benzene rings is 1. The van der Waals surface area contributed by atoms with Gasteiger partial charge < -0.3 is 10.2 Å². The topological polar surface area (TPSA) is 40.5 Å². The van der Waals surface area contributed by atoms with Gasteiger partial charge in [-0.25, -0.2) is 0 Å². The molecule has 0 saturated carbocycles. The van der Waals surface area contributed by atoms with Crippen LogP contribution in [0.25, 0.3) is 0 Å². The minimum Gasteiger partial charge on any atom is -0.507 e. The summed E-state index contributed by atoms with van der Waals surface area (Å²) in [6.07, 6.45) is 23.5. The Kier molecular flexibility index (Phi) is 25.1. The minimum absolute atomic E-state index is 0. The van der Waals surface area contributed by atoms with Crippen molar-refractivity contribution in [2.75, 3.05) is 0 Å². The van der Waals surface area contributed by atoms with Crippen LogP contribution in [0, 0.1) is 109 Å². The van der Waals surface area contributed by atoms with Crippen LogP contribution in [-0.2, 0) is 6.42 Å². The second kappa shape index (κ2) is 22.6. The van der Waals surface area contributed by atoms with Crippen LogP contribution in [0.1, 0.15) is 132 Å². The molecule has 0 fully saturated rings. The fourth-order valence-electron chi connectivity index (χ4n) is 4.41. The maximum absolute atomic E-state index is 10.5. The van der Waals surface area contributed by atoms with Gasteiger partial charge in [-0.2, -0.15) is 0 Å². The molecule has 0 spiro atoms. The molecule has 0 aliphatic carbocycles. The van der Waals surface area contributed by atoms with Crippen LogP contribution in [0.4, 0.5) is 0 Å². The van der Waals surface area contributed by atoms with Gasteiger partial charge >= 0.3 is 0 Å². The smallest absolute Gasteiger partial charge is 0.122 e. The summed E-state index contributed by atoms with van der Waals surface area (Å²) < 4.78 is 0. The third-order valence-electron chi connectivity index (χ3n) is 6.95. The van der Waals surface area contributed by atoms with Crippen LogP contribution in [0.3, 0.4) is 0 Å². The molecule has 0 atom stereocenters. The SMILES string of the molecule is CCCCCCCCCCCCCCCC/C(C)=C/Cc1c(C)c(O)c(C)c(C)c1O.[Ac].[Ac]. The molecular weight excluding hydrogens is 834 g/mol. The second-order valence-electron chi connectivity index (χ2n) is 9.65. The average molecular weight is 885 g/mol. The van der Waals surface area contributed by atoms with E-state index in [1.807, 2.05) is 20.8 Å². The molecule has 0 unspecified atom stereocenters. The van der Waals surface area contributed by atoms with E-state index in [0.29, 0.717) is 17.9 Å². The Morgan fingerprint density at radius 3 is 1.45 bits per heavy atom. The number of allylic oxidation sites excluding steroid dienone is 2. The number of aromatic hydroxyl groups is 2. The van der Waals surface area contributed by atoms with E-state index >= 15 is 0 Å². The molecule has 1 aromatic rings. The fourth-order valence-corrected chi connectivity index (χ4v) is 4.41. The molecular formula is C29H50Ac2O2. The van der Waals surface area contributed by atoms with Gasteiger partial charge in [0.05, 0.1) is 0 Å². The van der Waals surface area contributed by atoms with E-state index < -0.39 is 0 Å². The summed E-state index contributed by atoms with van der Waals surface area (Å²) >= 11 is 0. The Morgan fingerprint density at radius 1 is 0.606 bits per heavy atom. The van der Waals surface area contributed by atoms with Crippen molar-refractivity contribution in [2.24, 2.45) is 0 Å². The molecule has 2 N–H and O–H groups in total. The molecule has 0 heterocycles. The monoisotopic (exact) mass is 884 g/mol. The fraction of sp³-hybridized carbons (Fsp3) is 0.724. The Morgan fingerprint density at radius 2 is 1.00 bits per heavy atom. The summed E-state index contributed by atoms with van der Waals surface area (Å²) in [5.41, 5.74) is 4.62. The van der Waals surface area contributed by atoms with E-state index in [1.54, 1.807) is 0 Å². The molecule has 0 aliphatic rings. The number of hydrogen-bond donors (Lipinski definition) is 2. The molecule has 0 aliphatic heterocycles. The summed E-state index contributed by atoms with van der Waals surface area (Å²) in [6, 6.07) is 0. The predicted molar refractivity (Wildman–Crippen MR) is 136 cm³/mol. The van der Waals surface area contributed by atoms with Crippen molar-refractivity contribution in [2.45, 2.75) is 137 Å². The van der Waals surface area contributed by atoms with Crippen molar-refractivity contribution >= 4 is 0 Å². The molecule has 0 aromatic heterocycles. The van der Waals surface area contributed by atoms with Crippen molar-refractivity contribution < 1.29 is 98.3 Å². The summed E-state index contributed by atoms with van der Waals surface area (Å²) in [4.78, 5) is 0. The average Bonchev–Trinajstić information content (AvgIpc) is 2.76. The molecule has 0 saturated heterocycles. The predicted octanol–water partition coefficient (Wildman–Crippen LogP) is 9.38. The Hall–Kier alpha value is 1.44. The molecule has 0 amide bonds. The molecule has 33 heavy (non-hydrogen) atoms. The normalized spacial score (nSPS) is 11.2. The molecule has 2 radical (unpaired) electrons. The first-order valence-electron chi connectivity index (χ1n) is 13.1. The van der Waals surface area contributed by atoms with E-state index in [1.165, 1.54) is 95.5 Å². The second-order valence-corrected chi connectivity index (χ2v) is 9.65. The zero-order valence-corrected chi connectivity index (χ0v) is 31.9. The third kappa shape index (κ3) is 15.3. The maximum atomic E-state index is 10.5. The summed E-state index contributed by atoms with van der Waals surface area (Å²) in [6.45, 7) is 10.1. The van der Waals surface area contributed by atoms with E-state index in [9.17, 15) is 10.2 Å². The van der Waals surface area contributed by atoms with Gasteiger partial charge in [-0.1, -0.05) is 102 Å². The van der Waals surface area contributed by atoms with Gasteiger partial charge in [0.2, 0.25) is 0 Å². The Bertz CT molecular complexity index is 639. The van der Waals surface area contributed by atoms with Crippen molar-refractivity contribution in [3.63, 3.8) is 0 Å². The number of unbranched alkanes of at least 4 members (excludes halogenated alkanes) is 13. The molecule has 1 aromatic carbocycles. The Balaban J connectivity index is 0. The van der Waals surface area contributed by atoms with Gasteiger partial charge in [-0.05, 0) is 63.6 Å². The molecule has 1 rings (SSSR count). The van der Waals surface area contributed by atoms with Crippen molar-refractivity contribution in [3.8, 4) is 11.5 Å². The van der Waals surface area contributed by atoms with Gasteiger partial charge in [0.25, 0.3) is 0 Å². The number of phenols is 2. The first-order chi connectivity index (χ1) is 14.9. The van der Waals surface area contributed by atoms with Gasteiger partial charge in [0, 0.05) is 93.7 Å². The third-order valence-corrected chi connectivity index (χ3v) is 6.95. The zero-order valence-electron chi connectivity index (χ0n) is 22.4. The molecule has 0 bridgehead atoms. The van der Waals surface area contributed by atoms with Gasteiger partial charge in [-0.3, -0.25) is 0 Å². The minimum atomic E-state index is 0. The summed E-state index contributed by atoms with van der Waals surface area (Å²) in [5, 5.41) is 20.7. The first-order valence-corrected chi connectivity index (χ1v) is 13.1. The van der Waals surface area contributed by atoms with Gasteiger partial charge in [0.15, 0.2) is 0 Å². The molecule has 4 heteroatoms. The first kappa shape index (κ1) is 36.6. The number of rotatable bonds is 17. The largest absolute Gasteiger partial charge is 0.507 e. The van der Waals surface area contributed by atoms with Crippen molar-refractivity contribution in [1.29, 1.82) is 0 Å². The maximum Gasteiger partial charge on any atom is 0.122 e. The van der Waals surface area contributed by atoms with E-state index in [4.69, 9.17) is 0 Å². The van der Waals surface area contributed by atoms with Crippen LogP contribution >= 0.6 is 0 Å². The Labute approximate surface area is 277 Å². The molecule has 184 valence electrons. The molecule has 2 nitrogen and oxygen atoms in total. The van der Waals surface area contributed by atoms with Crippen LogP contribution in [-0.4, -0.2) is 10.2 Å². The zero-order chi connectivity index (χ0) is 23.1. The van der Waals surface area contributed by atoms with Crippen LogP contribution in [0.2, 0.25) is 0 Å². The standard InChI is InChI=1S/C29H50O2.2Ac/c1-6-7-8-9-10-11-12-13-14-15-16-17-18-19-20-23(2)21-22-27-26(5)28(30)24(3)25(4)29(27)31;;/h21,30-31H,6-20,22H2,1-5H3;;/b23-21+;;. The van der Waals surface area contributed by atoms with Crippen molar-refractivity contribution in [1.82, 2.24) is 0 Å². The number of hydrogen-bond acceptors (Lipinski definition) is 2. The summed E-state index contributed by atoms with van der Waals surface area (Å²) in [5.74, 6) is 0.664.